The summed E-state index contributed by atoms with van der Waals surface area (Å²) >= 11 is 0. The number of sulfone groups is 1. The third-order valence-corrected chi connectivity index (χ3v) is 5.33. The normalized spacial score (nSPS) is 15.2. The monoisotopic (exact) mass is 454 g/mol. The molecule has 1 aliphatic rings. The molecule has 0 radical (unpaired) electrons. The van der Waals surface area contributed by atoms with Crippen LogP contribution in [0, 0.1) is 6.92 Å². The van der Waals surface area contributed by atoms with Gasteiger partial charge in [0.2, 0.25) is 5.91 Å². The molecule has 1 heterocycles. The number of hydrogen-bond donors (Lipinski definition) is 2. The lowest BCUT2D eigenvalue weighted by Crippen LogP contribution is -2.44. The number of aryl methyl sites for hydroxylation is 1. The average molecular weight is 454 g/mol. The van der Waals surface area contributed by atoms with Gasteiger partial charge in [0, 0.05) is 23.6 Å². The number of hydrogen-bond acceptors (Lipinski definition) is 6. The second-order valence-corrected chi connectivity index (χ2v) is 9.39. The van der Waals surface area contributed by atoms with E-state index in [9.17, 15) is 26.8 Å². The van der Waals surface area contributed by atoms with Gasteiger partial charge in [-0.3, -0.25) is 9.59 Å². The predicted octanol–water partition coefficient (Wildman–Crippen LogP) is 2.49. The molecule has 3 rings (SSSR count). The summed E-state index contributed by atoms with van der Waals surface area (Å²) in [5.41, 5.74) is 1.25. The summed E-state index contributed by atoms with van der Waals surface area (Å²) in [5, 5.41) is 5.00. The maximum absolute atomic E-state index is 13.2. The van der Waals surface area contributed by atoms with Crippen LogP contribution in [0.2, 0.25) is 0 Å². The minimum absolute atomic E-state index is 0.110. The molecule has 1 unspecified atom stereocenters. The fourth-order valence-electron chi connectivity index (χ4n) is 2.88. The summed E-state index contributed by atoms with van der Waals surface area (Å²) < 4.78 is 58.1. The van der Waals surface area contributed by atoms with Crippen molar-refractivity contribution in [3.8, 4) is 11.5 Å². The van der Waals surface area contributed by atoms with Crippen LogP contribution in [0.15, 0.2) is 42.5 Å². The molecule has 2 N–H and O–H groups in total. The van der Waals surface area contributed by atoms with E-state index in [0.29, 0.717) is 5.56 Å². The van der Waals surface area contributed by atoms with Gasteiger partial charge in [0.1, 0.15) is 15.9 Å². The number of anilines is 1. The first-order valence-electron chi connectivity index (χ1n) is 9.18. The van der Waals surface area contributed by atoms with Gasteiger partial charge in [0.05, 0.1) is 5.75 Å². The van der Waals surface area contributed by atoms with Crippen molar-refractivity contribution < 1.29 is 36.3 Å². The molecule has 0 bridgehead atoms. The molecule has 2 aromatic rings. The van der Waals surface area contributed by atoms with Crippen LogP contribution in [-0.4, -0.2) is 44.6 Å². The Morgan fingerprint density at radius 3 is 2.48 bits per heavy atom. The Morgan fingerprint density at radius 2 is 1.81 bits per heavy atom. The van der Waals surface area contributed by atoms with Crippen LogP contribution in [0.25, 0.3) is 0 Å². The van der Waals surface area contributed by atoms with Gasteiger partial charge in [-0.05, 0) is 37.6 Å². The van der Waals surface area contributed by atoms with E-state index in [2.05, 4.69) is 20.1 Å². The molecule has 0 saturated carbocycles. The average Bonchev–Trinajstić information content (AvgIpc) is 2.97. The van der Waals surface area contributed by atoms with Crippen molar-refractivity contribution in [2.24, 2.45) is 0 Å². The highest BCUT2D eigenvalue weighted by Crippen LogP contribution is 2.42. The SMILES string of the molecule is Cc1cccc(C(=O)NC(CCS(C)(=O)=O)C(=O)Nc2ccc3c(c2)OC(F)(F)O3)c1. The zero-order chi connectivity index (χ0) is 22.8. The zero-order valence-electron chi connectivity index (χ0n) is 16.6. The Morgan fingerprint density at radius 1 is 1.10 bits per heavy atom. The van der Waals surface area contributed by atoms with Crippen molar-refractivity contribution in [2.45, 2.75) is 25.7 Å². The van der Waals surface area contributed by atoms with Crippen LogP contribution in [0.3, 0.4) is 0 Å². The molecular formula is C20H20F2N2O6S. The Bertz CT molecular complexity index is 1120. The third kappa shape index (κ3) is 6.14. The number of amides is 2. The number of halogens is 2. The first-order valence-corrected chi connectivity index (χ1v) is 11.2. The van der Waals surface area contributed by atoms with E-state index in [0.717, 1.165) is 17.9 Å². The summed E-state index contributed by atoms with van der Waals surface area (Å²) in [5.74, 6) is -2.06. The van der Waals surface area contributed by atoms with Crippen molar-refractivity contribution in [1.82, 2.24) is 5.32 Å². The highest BCUT2D eigenvalue weighted by atomic mass is 32.2. The molecule has 0 fully saturated rings. The van der Waals surface area contributed by atoms with Gasteiger partial charge in [0.25, 0.3) is 5.91 Å². The van der Waals surface area contributed by atoms with Crippen LogP contribution in [0.1, 0.15) is 22.3 Å². The number of carbonyl (C=O) groups is 2. The second kappa shape index (κ2) is 8.50. The third-order valence-electron chi connectivity index (χ3n) is 4.35. The van der Waals surface area contributed by atoms with Crippen LogP contribution in [0.5, 0.6) is 11.5 Å². The van der Waals surface area contributed by atoms with Gasteiger partial charge in [0.15, 0.2) is 11.5 Å². The number of nitrogens with one attached hydrogen (secondary N) is 2. The number of alkyl halides is 2. The van der Waals surface area contributed by atoms with Crippen LogP contribution in [-0.2, 0) is 14.6 Å². The number of ether oxygens (including phenoxy) is 2. The maximum Gasteiger partial charge on any atom is 0.586 e. The van der Waals surface area contributed by atoms with Crippen LogP contribution < -0.4 is 20.1 Å². The van der Waals surface area contributed by atoms with Gasteiger partial charge in [-0.25, -0.2) is 8.42 Å². The lowest BCUT2D eigenvalue weighted by Gasteiger charge is -2.18. The molecular weight excluding hydrogens is 434 g/mol. The molecule has 11 heteroatoms. The molecule has 2 aromatic carbocycles. The van der Waals surface area contributed by atoms with Gasteiger partial charge in [-0.15, -0.1) is 8.78 Å². The topological polar surface area (TPSA) is 111 Å². The molecule has 2 amide bonds. The molecule has 31 heavy (non-hydrogen) atoms. The van der Waals surface area contributed by atoms with E-state index in [1.807, 2.05) is 0 Å². The van der Waals surface area contributed by atoms with E-state index in [1.54, 1.807) is 31.2 Å². The number of carbonyl (C=O) groups excluding carboxylic acids is 2. The Balaban J connectivity index is 1.75. The Kier molecular flexibility index (Phi) is 6.16. The minimum atomic E-state index is -3.80. The number of benzene rings is 2. The van der Waals surface area contributed by atoms with Crippen LogP contribution in [0.4, 0.5) is 14.5 Å². The first kappa shape index (κ1) is 22.5. The maximum atomic E-state index is 13.2. The predicted molar refractivity (Wildman–Crippen MR) is 108 cm³/mol. The van der Waals surface area contributed by atoms with Gasteiger partial charge < -0.3 is 20.1 Å². The van der Waals surface area contributed by atoms with Gasteiger partial charge >= 0.3 is 6.29 Å². The largest absolute Gasteiger partial charge is 0.586 e. The summed E-state index contributed by atoms with van der Waals surface area (Å²) in [4.78, 5) is 25.3. The van der Waals surface area contributed by atoms with E-state index in [-0.39, 0.29) is 29.4 Å². The smallest absolute Gasteiger partial charge is 0.395 e. The van der Waals surface area contributed by atoms with Crippen molar-refractivity contribution in [3.63, 3.8) is 0 Å². The molecule has 0 spiro atoms. The lowest BCUT2D eigenvalue weighted by molar-refractivity contribution is -0.286. The fraction of sp³-hybridized carbons (Fsp3) is 0.300. The summed E-state index contributed by atoms with van der Waals surface area (Å²) in [7, 11) is -3.40. The summed E-state index contributed by atoms with van der Waals surface area (Å²) in [6.45, 7) is 1.80. The Hall–Kier alpha value is -3.21. The van der Waals surface area contributed by atoms with Crippen molar-refractivity contribution in [3.05, 3.63) is 53.6 Å². The standard InChI is InChI=1S/C20H20F2N2O6S/c1-12-4-3-5-13(10-12)18(25)24-15(8-9-31(2,27)28)19(26)23-14-6-7-16-17(11-14)30-20(21,22)29-16/h3-7,10-11,15H,8-9H2,1-2H3,(H,23,26)(H,24,25). The van der Waals surface area contributed by atoms with E-state index < -0.39 is 34.0 Å². The van der Waals surface area contributed by atoms with Gasteiger partial charge in [-0.1, -0.05) is 17.7 Å². The van der Waals surface area contributed by atoms with Crippen molar-refractivity contribution in [2.75, 3.05) is 17.3 Å². The quantitative estimate of drug-likeness (QED) is 0.665. The highest BCUT2D eigenvalue weighted by Gasteiger charge is 2.43. The fourth-order valence-corrected chi connectivity index (χ4v) is 3.55. The lowest BCUT2D eigenvalue weighted by atomic mass is 10.1. The van der Waals surface area contributed by atoms with Crippen molar-refractivity contribution in [1.29, 1.82) is 0 Å². The van der Waals surface area contributed by atoms with Crippen LogP contribution >= 0.6 is 0 Å². The number of fused-ring (bicyclic) bond motifs is 1. The Labute approximate surface area is 177 Å². The van der Waals surface area contributed by atoms with Crippen molar-refractivity contribution >= 4 is 27.3 Å². The summed E-state index contributed by atoms with van der Waals surface area (Å²) in [6.07, 6.45) is -2.96. The van der Waals surface area contributed by atoms with E-state index in [1.165, 1.54) is 12.1 Å². The van der Waals surface area contributed by atoms with E-state index >= 15 is 0 Å². The van der Waals surface area contributed by atoms with Gasteiger partial charge in [-0.2, -0.15) is 0 Å². The number of rotatable bonds is 7. The molecule has 0 aromatic heterocycles. The minimum Gasteiger partial charge on any atom is -0.395 e. The molecule has 1 aliphatic heterocycles. The molecule has 166 valence electrons. The summed E-state index contributed by atoms with van der Waals surface area (Å²) in [6, 6.07) is 9.13. The molecule has 8 nitrogen and oxygen atoms in total. The first-order chi connectivity index (χ1) is 14.4. The zero-order valence-corrected chi connectivity index (χ0v) is 17.5. The second-order valence-electron chi connectivity index (χ2n) is 7.13. The molecule has 0 aliphatic carbocycles. The highest BCUT2D eigenvalue weighted by molar-refractivity contribution is 7.90. The molecule has 0 saturated heterocycles. The molecule has 1 atom stereocenters. The van der Waals surface area contributed by atoms with E-state index in [4.69, 9.17) is 0 Å².